The molecule has 3 rings (SSSR count). The smallest absolute Gasteiger partial charge is 0.288 e. The molecule has 5 heteroatoms. The van der Waals surface area contributed by atoms with Gasteiger partial charge in [0.2, 0.25) is 5.78 Å². The van der Waals surface area contributed by atoms with Crippen LogP contribution in [-0.4, -0.2) is 17.9 Å². The number of benzene rings is 2. The SMILES string of the molecule is Cc1ccc(C(=O)[C@@H](NC(=O)c2ccco2)Nc2cc(C)ccc2C)cc1. The number of Topliss-reactive ketones (excluding diaryl/α,β-unsaturated/α-hetero) is 1. The van der Waals surface area contributed by atoms with Crippen LogP contribution in [0.4, 0.5) is 5.69 Å². The average Bonchev–Trinajstić information content (AvgIpc) is 3.19. The van der Waals surface area contributed by atoms with Crippen LogP contribution in [0.3, 0.4) is 0 Å². The number of amides is 1. The Labute approximate surface area is 158 Å². The molecule has 0 aliphatic heterocycles. The highest BCUT2D eigenvalue weighted by molar-refractivity contribution is 6.04. The Hall–Kier alpha value is -3.34. The van der Waals surface area contributed by atoms with Gasteiger partial charge in [-0.3, -0.25) is 9.59 Å². The molecule has 0 radical (unpaired) electrons. The lowest BCUT2D eigenvalue weighted by molar-refractivity contribution is 0.0852. The summed E-state index contributed by atoms with van der Waals surface area (Å²) in [6, 6.07) is 16.4. The van der Waals surface area contributed by atoms with E-state index in [9.17, 15) is 9.59 Å². The third-order valence-corrected chi connectivity index (χ3v) is 4.31. The fraction of sp³-hybridized carbons (Fsp3) is 0.182. The molecule has 3 aromatic rings. The number of furan rings is 1. The average molecular weight is 362 g/mol. The normalized spacial score (nSPS) is 11.7. The van der Waals surface area contributed by atoms with Gasteiger partial charge in [-0.05, 0) is 50.1 Å². The largest absolute Gasteiger partial charge is 0.459 e. The van der Waals surface area contributed by atoms with Gasteiger partial charge < -0.3 is 15.1 Å². The molecule has 0 saturated carbocycles. The summed E-state index contributed by atoms with van der Waals surface area (Å²) < 4.78 is 5.14. The zero-order valence-electron chi connectivity index (χ0n) is 15.6. The van der Waals surface area contributed by atoms with E-state index < -0.39 is 12.1 Å². The highest BCUT2D eigenvalue weighted by atomic mass is 16.3. The molecule has 138 valence electrons. The van der Waals surface area contributed by atoms with Crippen molar-refractivity contribution < 1.29 is 14.0 Å². The number of carbonyl (C=O) groups is 2. The van der Waals surface area contributed by atoms with Crippen molar-refractivity contribution in [3.8, 4) is 0 Å². The second-order valence-electron chi connectivity index (χ2n) is 6.58. The molecular weight excluding hydrogens is 340 g/mol. The van der Waals surface area contributed by atoms with Crippen molar-refractivity contribution in [2.75, 3.05) is 5.32 Å². The van der Waals surface area contributed by atoms with Gasteiger partial charge >= 0.3 is 0 Å². The standard InChI is InChI=1S/C22H22N2O3/c1-14-7-10-17(11-8-14)20(25)21(24-22(26)19-5-4-12-27-19)23-18-13-15(2)6-9-16(18)3/h4-13,21,23H,1-3H3,(H,24,26)/t21-/m1/s1. The lowest BCUT2D eigenvalue weighted by Gasteiger charge is -2.21. The van der Waals surface area contributed by atoms with Crippen LogP contribution in [0, 0.1) is 20.8 Å². The Kier molecular flexibility index (Phi) is 5.41. The molecule has 0 aliphatic rings. The predicted octanol–water partition coefficient (Wildman–Crippen LogP) is 4.26. The maximum absolute atomic E-state index is 13.1. The van der Waals surface area contributed by atoms with Crippen LogP contribution in [0.2, 0.25) is 0 Å². The van der Waals surface area contributed by atoms with Crippen LogP contribution in [0.5, 0.6) is 0 Å². The van der Waals surface area contributed by atoms with E-state index in [1.165, 1.54) is 6.26 Å². The summed E-state index contributed by atoms with van der Waals surface area (Å²) in [5.74, 6) is -0.529. The molecule has 0 aliphatic carbocycles. The van der Waals surface area contributed by atoms with Gasteiger partial charge in [0.25, 0.3) is 5.91 Å². The summed E-state index contributed by atoms with van der Waals surface area (Å²) in [5.41, 5.74) is 4.41. The van der Waals surface area contributed by atoms with E-state index in [1.54, 1.807) is 24.3 Å². The van der Waals surface area contributed by atoms with E-state index in [2.05, 4.69) is 10.6 Å². The lowest BCUT2D eigenvalue weighted by Crippen LogP contribution is -2.46. The molecule has 0 spiro atoms. The number of ketones is 1. The molecule has 1 aromatic heterocycles. The van der Waals surface area contributed by atoms with E-state index in [0.717, 1.165) is 22.4 Å². The van der Waals surface area contributed by atoms with Crippen molar-refractivity contribution >= 4 is 17.4 Å². The van der Waals surface area contributed by atoms with E-state index in [0.29, 0.717) is 5.56 Å². The Morgan fingerprint density at radius 2 is 1.63 bits per heavy atom. The van der Waals surface area contributed by atoms with Gasteiger partial charge in [-0.2, -0.15) is 0 Å². The van der Waals surface area contributed by atoms with Gasteiger partial charge in [-0.15, -0.1) is 0 Å². The fourth-order valence-electron chi connectivity index (χ4n) is 2.71. The molecule has 2 aromatic carbocycles. The number of aryl methyl sites for hydroxylation is 3. The predicted molar refractivity (Wildman–Crippen MR) is 105 cm³/mol. The minimum absolute atomic E-state index is 0.152. The van der Waals surface area contributed by atoms with Crippen LogP contribution in [0.15, 0.2) is 65.3 Å². The van der Waals surface area contributed by atoms with Gasteiger partial charge in [-0.1, -0.05) is 42.0 Å². The molecule has 27 heavy (non-hydrogen) atoms. The molecular formula is C22H22N2O3. The van der Waals surface area contributed by atoms with Crippen molar-refractivity contribution in [2.45, 2.75) is 26.9 Å². The van der Waals surface area contributed by atoms with Crippen molar-refractivity contribution in [1.82, 2.24) is 5.32 Å². The number of nitrogens with one attached hydrogen (secondary N) is 2. The third-order valence-electron chi connectivity index (χ3n) is 4.31. The van der Waals surface area contributed by atoms with Crippen LogP contribution >= 0.6 is 0 Å². The first kappa shape index (κ1) is 18.5. The summed E-state index contributed by atoms with van der Waals surface area (Å²) in [6.07, 6.45) is 0.495. The number of carbonyl (C=O) groups excluding carboxylic acids is 2. The van der Waals surface area contributed by atoms with E-state index >= 15 is 0 Å². The number of hydrogen-bond donors (Lipinski definition) is 2. The van der Waals surface area contributed by atoms with Crippen LogP contribution < -0.4 is 10.6 Å². The second-order valence-corrected chi connectivity index (χ2v) is 6.58. The quantitative estimate of drug-likeness (QED) is 0.508. The van der Waals surface area contributed by atoms with Crippen molar-refractivity contribution in [3.05, 3.63) is 88.9 Å². The van der Waals surface area contributed by atoms with Crippen LogP contribution in [-0.2, 0) is 0 Å². The van der Waals surface area contributed by atoms with Gasteiger partial charge in [0.05, 0.1) is 6.26 Å². The summed E-state index contributed by atoms with van der Waals surface area (Å²) in [4.78, 5) is 25.5. The van der Waals surface area contributed by atoms with Crippen molar-refractivity contribution in [2.24, 2.45) is 0 Å². The van der Waals surface area contributed by atoms with Crippen LogP contribution in [0.1, 0.15) is 37.6 Å². The first-order valence-electron chi connectivity index (χ1n) is 8.73. The fourth-order valence-corrected chi connectivity index (χ4v) is 2.71. The first-order valence-corrected chi connectivity index (χ1v) is 8.73. The topological polar surface area (TPSA) is 71.3 Å². The number of hydrogen-bond acceptors (Lipinski definition) is 4. The highest BCUT2D eigenvalue weighted by Crippen LogP contribution is 2.18. The number of rotatable bonds is 6. The zero-order chi connectivity index (χ0) is 19.4. The lowest BCUT2D eigenvalue weighted by atomic mass is 10.1. The first-order chi connectivity index (χ1) is 12.9. The molecule has 0 saturated heterocycles. The van der Waals surface area contributed by atoms with Crippen molar-refractivity contribution in [3.63, 3.8) is 0 Å². The molecule has 1 atom stereocenters. The van der Waals surface area contributed by atoms with Gasteiger partial charge in [-0.25, -0.2) is 0 Å². The van der Waals surface area contributed by atoms with E-state index in [4.69, 9.17) is 4.42 Å². The zero-order valence-corrected chi connectivity index (χ0v) is 15.6. The Morgan fingerprint density at radius 3 is 2.30 bits per heavy atom. The minimum Gasteiger partial charge on any atom is -0.459 e. The summed E-state index contributed by atoms with van der Waals surface area (Å²) in [7, 11) is 0. The maximum atomic E-state index is 13.1. The van der Waals surface area contributed by atoms with Gasteiger partial charge in [0, 0.05) is 11.3 Å². The molecule has 1 amide bonds. The summed E-state index contributed by atoms with van der Waals surface area (Å²) in [6.45, 7) is 5.88. The summed E-state index contributed by atoms with van der Waals surface area (Å²) in [5, 5.41) is 5.90. The minimum atomic E-state index is -0.925. The maximum Gasteiger partial charge on any atom is 0.288 e. The third kappa shape index (κ3) is 4.44. The molecule has 2 N–H and O–H groups in total. The van der Waals surface area contributed by atoms with Crippen LogP contribution in [0.25, 0.3) is 0 Å². The van der Waals surface area contributed by atoms with E-state index in [-0.39, 0.29) is 11.5 Å². The second kappa shape index (κ2) is 7.91. The van der Waals surface area contributed by atoms with Crippen molar-refractivity contribution in [1.29, 1.82) is 0 Å². The molecule has 0 unspecified atom stereocenters. The van der Waals surface area contributed by atoms with E-state index in [1.807, 2.05) is 51.1 Å². The molecule has 0 fully saturated rings. The van der Waals surface area contributed by atoms with Gasteiger partial charge in [0.15, 0.2) is 11.9 Å². The van der Waals surface area contributed by atoms with Gasteiger partial charge in [0.1, 0.15) is 0 Å². The Bertz CT molecular complexity index is 944. The Morgan fingerprint density at radius 1 is 0.926 bits per heavy atom. The molecule has 1 heterocycles. The monoisotopic (exact) mass is 362 g/mol. The highest BCUT2D eigenvalue weighted by Gasteiger charge is 2.24. The number of anilines is 1. The Balaban J connectivity index is 1.90. The summed E-state index contributed by atoms with van der Waals surface area (Å²) >= 11 is 0. The molecule has 0 bridgehead atoms. The molecule has 5 nitrogen and oxygen atoms in total.